The Balaban J connectivity index is 3.11. The highest BCUT2D eigenvalue weighted by atomic mass is 32.1. The Morgan fingerprint density at radius 1 is 1.33 bits per heavy atom. The maximum absolute atomic E-state index is 5.90. The average molecular weight is 221 g/mol. The second-order valence-corrected chi connectivity index (χ2v) is 5.04. The Hall–Kier alpha value is -0.890. The molecule has 0 aliphatic rings. The molecule has 82 valence electrons. The molecule has 0 radical (unpaired) electrons. The highest BCUT2D eigenvalue weighted by molar-refractivity contribution is 7.80. The lowest BCUT2D eigenvalue weighted by Crippen LogP contribution is -2.11. The van der Waals surface area contributed by atoms with Gasteiger partial charge in [0.05, 0.1) is 0 Å². The zero-order valence-electron chi connectivity index (χ0n) is 9.62. The van der Waals surface area contributed by atoms with Gasteiger partial charge in [0, 0.05) is 11.4 Å². The molecule has 1 aromatic rings. The fourth-order valence-corrected chi connectivity index (χ4v) is 1.47. The maximum Gasteiger partial charge on any atom is 0.0387 e. The molecule has 1 nitrogen and oxygen atoms in total. The normalized spacial score (nSPS) is 12.3. The van der Waals surface area contributed by atoms with Gasteiger partial charge in [-0.05, 0) is 28.7 Å². The van der Waals surface area contributed by atoms with Crippen LogP contribution in [0.3, 0.4) is 0 Å². The van der Waals surface area contributed by atoms with Crippen LogP contribution in [-0.2, 0) is 5.41 Å². The zero-order valence-corrected chi connectivity index (χ0v) is 10.5. The van der Waals surface area contributed by atoms with Crippen LogP contribution >= 0.6 is 12.6 Å². The molecule has 1 aromatic carbocycles. The summed E-state index contributed by atoms with van der Waals surface area (Å²) in [5.41, 5.74) is 9.26. The molecular formula is C13H19NS. The lowest BCUT2D eigenvalue weighted by atomic mass is 9.86. The van der Waals surface area contributed by atoms with E-state index in [1.807, 2.05) is 18.2 Å². The quantitative estimate of drug-likeness (QED) is 0.580. The number of hydrogen-bond acceptors (Lipinski definition) is 2. The number of hydrogen-bond donors (Lipinski definition) is 2. The van der Waals surface area contributed by atoms with E-state index < -0.39 is 0 Å². The van der Waals surface area contributed by atoms with Crippen molar-refractivity contribution in [2.75, 3.05) is 11.5 Å². The SMILES string of the molecule is CC(C)(C)c1ccc(N)c(C=CCS)c1. The van der Waals surface area contributed by atoms with E-state index in [0.29, 0.717) is 0 Å². The minimum Gasteiger partial charge on any atom is -0.398 e. The molecule has 0 heterocycles. The van der Waals surface area contributed by atoms with Gasteiger partial charge in [-0.3, -0.25) is 0 Å². The predicted molar refractivity (Wildman–Crippen MR) is 72.4 cm³/mol. The molecule has 0 spiro atoms. The van der Waals surface area contributed by atoms with Crippen molar-refractivity contribution >= 4 is 24.4 Å². The van der Waals surface area contributed by atoms with E-state index >= 15 is 0 Å². The minimum absolute atomic E-state index is 0.164. The Morgan fingerprint density at radius 3 is 2.53 bits per heavy atom. The smallest absolute Gasteiger partial charge is 0.0387 e. The summed E-state index contributed by atoms with van der Waals surface area (Å²) in [6.45, 7) is 6.60. The van der Waals surface area contributed by atoms with Crippen molar-refractivity contribution in [3.05, 3.63) is 35.4 Å². The summed E-state index contributed by atoms with van der Waals surface area (Å²) >= 11 is 4.14. The molecule has 0 amide bonds. The van der Waals surface area contributed by atoms with Gasteiger partial charge in [0.25, 0.3) is 0 Å². The van der Waals surface area contributed by atoms with Crippen LogP contribution in [0.15, 0.2) is 24.3 Å². The number of anilines is 1. The van der Waals surface area contributed by atoms with E-state index in [1.165, 1.54) is 5.56 Å². The summed E-state index contributed by atoms with van der Waals surface area (Å²) < 4.78 is 0. The third-order valence-electron chi connectivity index (χ3n) is 2.36. The first-order valence-corrected chi connectivity index (χ1v) is 5.76. The zero-order chi connectivity index (χ0) is 11.5. The summed E-state index contributed by atoms with van der Waals surface area (Å²) in [6, 6.07) is 6.21. The second kappa shape index (κ2) is 4.75. The number of nitrogens with two attached hydrogens (primary N) is 1. The lowest BCUT2D eigenvalue weighted by molar-refractivity contribution is 0.590. The van der Waals surface area contributed by atoms with Crippen LogP contribution in [0, 0.1) is 0 Å². The van der Waals surface area contributed by atoms with Crippen LogP contribution in [0.4, 0.5) is 5.69 Å². The van der Waals surface area contributed by atoms with E-state index in [0.717, 1.165) is 17.0 Å². The Morgan fingerprint density at radius 2 is 2.00 bits per heavy atom. The highest BCUT2D eigenvalue weighted by Gasteiger charge is 2.13. The number of nitrogen functional groups attached to an aromatic ring is 1. The Kier molecular flexibility index (Phi) is 3.86. The van der Waals surface area contributed by atoms with E-state index in [4.69, 9.17) is 5.73 Å². The molecule has 0 unspecified atom stereocenters. The second-order valence-electron chi connectivity index (χ2n) is 4.68. The van der Waals surface area contributed by atoms with Crippen molar-refractivity contribution < 1.29 is 0 Å². The highest BCUT2D eigenvalue weighted by Crippen LogP contribution is 2.26. The van der Waals surface area contributed by atoms with Gasteiger partial charge < -0.3 is 5.73 Å². The molecule has 2 heteroatoms. The van der Waals surface area contributed by atoms with Gasteiger partial charge in [-0.2, -0.15) is 12.6 Å². The van der Waals surface area contributed by atoms with Crippen molar-refractivity contribution in [2.45, 2.75) is 26.2 Å². The van der Waals surface area contributed by atoms with Gasteiger partial charge in [0.2, 0.25) is 0 Å². The van der Waals surface area contributed by atoms with Crippen LogP contribution in [0.25, 0.3) is 6.08 Å². The van der Waals surface area contributed by atoms with Crippen LogP contribution in [0.2, 0.25) is 0 Å². The third kappa shape index (κ3) is 3.31. The Bertz CT molecular complexity index is 361. The molecule has 15 heavy (non-hydrogen) atoms. The van der Waals surface area contributed by atoms with Gasteiger partial charge in [0.1, 0.15) is 0 Å². The van der Waals surface area contributed by atoms with Crippen LogP contribution in [0.1, 0.15) is 31.9 Å². The molecular weight excluding hydrogens is 202 g/mol. The summed E-state index contributed by atoms with van der Waals surface area (Å²) in [6.07, 6.45) is 4.03. The molecule has 0 saturated heterocycles. The van der Waals surface area contributed by atoms with E-state index in [1.54, 1.807) is 0 Å². The van der Waals surface area contributed by atoms with Gasteiger partial charge in [-0.15, -0.1) is 0 Å². The van der Waals surface area contributed by atoms with Crippen LogP contribution < -0.4 is 5.73 Å². The van der Waals surface area contributed by atoms with Crippen molar-refractivity contribution in [1.29, 1.82) is 0 Å². The maximum atomic E-state index is 5.90. The molecule has 0 aliphatic heterocycles. The van der Waals surface area contributed by atoms with Gasteiger partial charge >= 0.3 is 0 Å². The van der Waals surface area contributed by atoms with Crippen molar-refractivity contribution in [3.8, 4) is 0 Å². The van der Waals surface area contributed by atoms with Crippen LogP contribution in [0.5, 0.6) is 0 Å². The third-order valence-corrected chi connectivity index (χ3v) is 2.57. The standard InChI is InChI=1S/C13H19NS/c1-13(2,3)11-6-7-12(14)10(9-11)5-4-8-15/h4-7,9,15H,8,14H2,1-3H3. The van der Waals surface area contributed by atoms with Gasteiger partial charge in [0.15, 0.2) is 0 Å². The molecule has 1 rings (SSSR count). The fourth-order valence-electron chi connectivity index (χ4n) is 1.37. The molecule has 2 N–H and O–H groups in total. The minimum atomic E-state index is 0.164. The van der Waals surface area contributed by atoms with E-state index in [9.17, 15) is 0 Å². The van der Waals surface area contributed by atoms with Gasteiger partial charge in [-0.25, -0.2) is 0 Å². The summed E-state index contributed by atoms with van der Waals surface area (Å²) in [7, 11) is 0. The van der Waals surface area contributed by atoms with Crippen molar-refractivity contribution in [3.63, 3.8) is 0 Å². The molecule has 0 fully saturated rings. The van der Waals surface area contributed by atoms with E-state index in [-0.39, 0.29) is 5.41 Å². The first-order valence-electron chi connectivity index (χ1n) is 5.12. The average Bonchev–Trinajstić information content (AvgIpc) is 2.15. The topological polar surface area (TPSA) is 26.0 Å². The monoisotopic (exact) mass is 221 g/mol. The molecule has 0 bridgehead atoms. The summed E-state index contributed by atoms with van der Waals surface area (Å²) in [5.74, 6) is 0.735. The predicted octanol–water partition coefficient (Wildman–Crippen LogP) is 3.51. The van der Waals surface area contributed by atoms with Crippen LogP contribution in [-0.4, -0.2) is 5.75 Å². The first kappa shape index (κ1) is 12.2. The lowest BCUT2D eigenvalue weighted by Gasteiger charge is -2.20. The molecule has 0 atom stereocenters. The number of thiol groups is 1. The number of rotatable bonds is 2. The van der Waals surface area contributed by atoms with Crippen molar-refractivity contribution in [1.82, 2.24) is 0 Å². The first-order chi connectivity index (χ1) is 6.95. The largest absolute Gasteiger partial charge is 0.398 e. The number of benzene rings is 1. The van der Waals surface area contributed by atoms with Crippen molar-refractivity contribution in [2.24, 2.45) is 0 Å². The van der Waals surface area contributed by atoms with Gasteiger partial charge in [-0.1, -0.05) is 39.0 Å². The fraction of sp³-hybridized carbons (Fsp3) is 0.385. The summed E-state index contributed by atoms with van der Waals surface area (Å²) in [4.78, 5) is 0. The Labute approximate surface area is 97.8 Å². The summed E-state index contributed by atoms with van der Waals surface area (Å²) in [5, 5.41) is 0. The van der Waals surface area contributed by atoms with E-state index in [2.05, 4.69) is 45.5 Å². The molecule has 0 aliphatic carbocycles. The molecule has 0 aromatic heterocycles. The molecule has 0 saturated carbocycles.